The van der Waals surface area contributed by atoms with Crippen molar-refractivity contribution in [3.05, 3.63) is 39.9 Å². The van der Waals surface area contributed by atoms with Crippen LogP contribution in [0.5, 0.6) is 0 Å². The van der Waals surface area contributed by atoms with E-state index in [9.17, 15) is 14.7 Å². The monoisotopic (exact) mass is 481 g/mol. The lowest BCUT2D eigenvalue weighted by molar-refractivity contribution is -0.130. The van der Waals surface area contributed by atoms with Crippen LogP contribution in [0.2, 0.25) is 10.0 Å². The number of amides is 2. The highest BCUT2D eigenvalue weighted by Gasteiger charge is 2.24. The van der Waals surface area contributed by atoms with Crippen LogP contribution in [-0.4, -0.2) is 83.5 Å². The van der Waals surface area contributed by atoms with Crippen molar-refractivity contribution in [1.29, 1.82) is 0 Å². The number of carbonyl (C=O) groups excluding carboxylic acids is 2. The maximum absolute atomic E-state index is 12.6. The summed E-state index contributed by atoms with van der Waals surface area (Å²) in [5.41, 5.74) is 0.789. The van der Waals surface area contributed by atoms with Gasteiger partial charge in [0, 0.05) is 51.8 Å². The molecule has 2 heterocycles. The Balaban J connectivity index is 1.46. The predicted octanol–water partition coefficient (Wildman–Crippen LogP) is 3.55. The first-order valence-electron chi connectivity index (χ1n) is 11.4. The number of aliphatic hydroxyl groups excluding tert-OH is 1. The maximum atomic E-state index is 12.6. The van der Waals surface area contributed by atoms with Gasteiger partial charge in [0.1, 0.15) is 0 Å². The van der Waals surface area contributed by atoms with Crippen LogP contribution in [0, 0.1) is 5.92 Å². The Labute approximate surface area is 200 Å². The summed E-state index contributed by atoms with van der Waals surface area (Å²) in [6.45, 7) is 6.87. The minimum absolute atomic E-state index is 0.0348. The van der Waals surface area contributed by atoms with Gasteiger partial charge < -0.3 is 19.8 Å². The molecule has 0 spiro atoms. The van der Waals surface area contributed by atoms with Crippen LogP contribution in [-0.2, 0) is 9.59 Å². The van der Waals surface area contributed by atoms with Crippen molar-refractivity contribution in [2.24, 2.45) is 5.92 Å². The molecule has 2 aliphatic heterocycles. The van der Waals surface area contributed by atoms with Crippen LogP contribution in [0.25, 0.3) is 6.08 Å². The standard InChI is InChI=1S/C24H33Cl2N3O3/c1-18-3-2-10-27(16-18)17-20(30)8-11-28-13-14-29(12-9-24(28)32)23(31)7-5-19-4-6-21(25)22(26)15-19/h4-7,15,18,20,30H,2-3,8-14,16-17H2,1H3/b7-5+. The first-order chi connectivity index (χ1) is 15.3. The molecule has 1 N–H and O–H groups in total. The summed E-state index contributed by atoms with van der Waals surface area (Å²) in [5, 5.41) is 11.4. The number of hydrogen-bond acceptors (Lipinski definition) is 4. The molecule has 2 amide bonds. The molecule has 2 unspecified atom stereocenters. The van der Waals surface area contributed by atoms with Gasteiger partial charge in [0.25, 0.3) is 0 Å². The topological polar surface area (TPSA) is 64.1 Å². The van der Waals surface area contributed by atoms with E-state index in [0.717, 1.165) is 18.7 Å². The molecule has 2 aliphatic rings. The maximum Gasteiger partial charge on any atom is 0.246 e. The highest BCUT2D eigenvalue weighted by atomic mass is 35.5. The van der Waals surface area contributed by atoms with Gasteiger partial charge in [-0.05, 0) is 55.5 Å². The third kappa shape index (κ3) is 7.48. The molecule has 6 nitrogen and oxygen atoms in total. The zero-order valence-electron chi connectivity index (χ0n) is 18.7. The van der Waals surface area contributed by atoms with Crippen molar-refractivity contribution in [2.75, 3.05) is 45.8 Å². The van der Waals surface area contributed by atoms with Crippen molar-refractivity contribution in [1.82, 2.24) is 14.7 Å². The molecule has 3 rings (SSSR count). The number of benzene rings is 1. The van der Waals surface area contributed by atoms with E-state index >= 15 is 0 Å². The largest absolute Gasteiger partial charge is 0.392 e. The van der Waals surface area contributed by atoms with E-state index in [4.69, 9.17) is 23.2 Å². The lowest BCUT2D eigenvalue weighted by Gasteiger charge is -2.32. The lowest BCUT2D eigenvalue weighted by Crippen LogP contribution is -2.41. The van der Waals surface area contributed by atoms with Gasteiger partial charge >= 0.3 is 0 Å². The number of carbonyl (C=O) groups is 2. The molecule has 8 heteroatoms. The number of nitrogens with zero attached hydrogens (tertiary/aromatic N) is 3. The molecule has 0 radical (unpaired) electrons. The number of β-amino-alcohol motifs (C(OH)–C–C–N with tert-alkyl or cyclic N) is 1. The van der Waals surface area contributed by atoms with Crippen molar-refractivity contribution >= 4 is 41.1 Å². The fraction of sp³-hybridized carbons (Fsp3) is 0.583. The van der Waals surface area contributed by atoms with Gasteiger partial charge in [-0.3, -0.25) is 9.59 Å². The molecule has 0 bridgehead atoms. The first-order valence-corrected chi connectivity index (χ1v) is 12.2. The molecular weight excluding hydrogens is 449 g/mol. The van der Waals surface area contributed by atoms with Crippen LogP contribution in [0.3, 0.4) is 0 Å². The molecule has 0 aromatic heterocycles. The van der Waals surface area contributed by atoms with Crippen LogP contribution >= 0.6 is 23.2 Å². The Morgan fingerprint density at radius 2 is 2.03 bits per heavy atom. The third-order valence-electron chi connectivity index (χ3n) is 6.20. The predicted molar refractivity (Wildman–Crippen MR) is 129 cm³/mol. The zero-order chi connectivity index (χ0) is 23.1. The minimum atomic E-state index is -0.441. The summed E-state index contributed by atoms with van der Waals surface area (Å²) >= 11 is 11.9. The molecular formula is C24H33Cl2N3O3. The Bertz CT molecular complexity index is 833. The number of hydrogen-bond donors (Lipinski definition) is 1. The molecule has 0 aliphatic carbocycles. The van der Waals surface area contributed by atoms with Crippen LogP contribution < -0.4 is 0 Å². The number of rotatable bonds is 7. The number of aliphatic hydroxyl groups is 1. The van der Waals surface area contributed by atoms with Gasteiger partial charge in [0.15, 0.2) is 0 Å². The van der Waals surface area contributed by atoms with Crippen molar-refractivity contribution in [2.45, 2.75) is 38.7 Å². The van der Waals surface area contributed by atoms with Gasteiger partial charge in [-0.25, -0.2) is 0 Å². The molecule has 0 saturated carbocycles. The molecule has 2 atom stereocenters. The summed E-state index contributed by atoms with van der Waals surface area (Å²) in [7, 11) is 0. The fourth-order valence-corrected chi connectivity index (χ4v) is 4.67. The quantitative estimate of drug-likeness (QED) is 0.604. The minimum Gasteiger partial charge on any atom is -0.392 e. The Kier molecular flexibility index (Phi) is 9.41. The lowest BCUT2D eigenvalue weighted by atomic mass is 10.00. The van der Waals surface area contributed by atoms with E-state index in [-0.39, 0.29) is 11.8 Å². The van der Waals surface area contributed by atoms with Gasteiger partial charge in [0.05, 0.1) is 16.1 Å². The average Bonchev–Trinajstić information content (AvgIpc) is 2.94. The average molecular weight is 482 g/mol. The van der Waals surface area contributed by atoms with Crippen molar-refractivity contribution in [3.8, 4) is 0 Å². The van der Waals surface area contributed by atoms with E-state index in [0.29, 0.717) is 61.5 Å². The SMILES string of the molecule is CC1CCCN(CC(O)CCN2CCN(C(=O)/C=C/c3ccc(Cl)c(Cl)c3)CCC2=O)C1. The summed E-state index contributed by atoms with van der Waals surface area (Å²) in [5.74, 6) is 0.579. The summed E-state index contributed by atoms with van der Waals surface area (Å²) in [6.07, 6.45) is 6.06. The van der Waals surface area contributed by atoms with Crippen LogP contribution in [0.1, 0.15) is 38.2 Å². The molecule has 2 saturated heterocycles. The van der Waals surface area contributed by atoms with Crippen LogP contribution in [0.15, 0.2) is 24.3 Å². The van der Waals surface area contributed by atoms with E-state index < -0.39 is 6.10 Å². The Hall–Kier alpha value is -1.60. The van der Waals surface area contributed by atoms with Crippen LogP contribution in [0.4, 0.5) is 0 Å². The smallest absolute Gasteiger partial charge is 0.246 e. The second kappa shape index (κ2) is 12.0. The number of likely N-dealkylation sites (tertiary alicyclic amines) is 1. The number of halogens is 2. The Morgan fingerprint density at radius 3 is 2.78 bits per heavy atom. The first kappa shape index (κ1) is 25.0. The van der Waals surface area contributed by atoms with E-state index in [1.54, 1.807) is 34.1 Å². The molecule has 1 aromatic carbocycles. The fourth-order valence-electron chi connectivity index (χ4n) is 4.36. The number of piperidine rings is 1. The summed E-state index contributed by atoms with van der Waals surface area (Å²) in [6, 6.07) is 5.19. The van der Waals surface area contributed by atoms with Crippen molar-refractivity contribution < 1.29 is 14.7 Å². The molecule has 1 aromatic rings. The van der Waals surface area contributed by atoms with Gasteiger partial charge in [-0.1, -0.05) is 36.2 Å². The van der Waals surface area contributed by atoms with E-state index in [1.165, 1.54) is 18.9 Å². The summed E-state index contributed by atoms with van der Waals surface area (Å²) < 4.78 is 0. The highest BCUT2D eigenvalue weighted by Crippen LogP contribution is 2.23. The van der Waals surface area contributed by atoms with Gasteiger partial charge in [-0.2, -0.15) is 0 Å². The molecule has 176 valence electrons. The normalized spacial score (nSPS) is 21.8. The van der Waals surface area contributed by atoms with Gasteiger partial charge in [-0.15, -0.1) is 0 Å². The van der Waals surface area contributed by atoms with E-state index in [1.807, 2.05) is 0 Å². The second-order valence-electron chi connectivity index (χ2n) is 8.91. The highest BCUT2D eigenvalue weighted by molar-refractivity contribution is 6.42. The van der Waals surface area contributed by atoms with Crippen molar-refractivity contribution in [3.63, 3.8) is 0 Å². The second-order valence-corrected chi connectivity index (χ2v) is 9.73. The molecule has 32 heavy (non-hydrogen) atoms. The summed E-state index contributed by atoms with van der Waals surface area (Å²) in [4.78, 5) is 30.9. The zero-order valence-corrected chi connectivity index (χ0v) is 20.2. The van der Waals surface area contributed by atoms with E-state index in [2.05, 4.69) is 11.8 Å². The van der Waals surface area contributed by atoms with Gasteiger partial charge in [0.2, 0.25) is 11.8 Å². The Morgan fingerprint density at radius 1 is 1.22 bits per heavy atom. The third-order valence-corrected chi connectivity index (χ3v) is 6.94. The molecule has 2 fully saturated rings.